The monoisotopic (exact) mass is 458 g/mol. The van der Waals surface area contributed by atoms with Crippen LogP contribution < -0.4 is 10.4 Å². The molecule has 176 valence electrons. The Hall–Kier alpha value is -2.87. The molecule has 1 fully saturated rings. The Bertz CT molecular complexity index is 1030. The molecule has 5 nitrogen and oxygen atoms in total. The Kier molecular flexibility index (Phi) is 7.02. The zero-order chi connectivity index (χ0) is 23.4. The summed E-state index contributed by atoms with van der Waals surface area (Å²) >= 11 is 0. The number of alkyl halides is 3. The normalized spacial score (nSPS) is 21.5. The maximum absolute atomic E-state index is 13.8. The van der Waals surface area contributed by atoms with Crippen LogP contribution in [0.4, 0.5) is 18.9 Å². The molecule has 0 aromatic heterocycles. The number of aliphatic imine (C=N–C) groups is 2. The summed E-state index contributed by atoms with van der Waals surface area (Å²) < 4.78 is 41.5. The minimum absolute atomic E-state index is 0.151. The molecule has 1 aliphatic carbocycles. The lowest BCUT2D eigenvalue weighted by molar-refractivity contribution is -0.137. The van der Waals surface area contributed by atoms with Crippen LogP contribution in [0.5, 0.6) is 0 Å². The molecule has 1 N–H and O–H groups in total. The van der Waals surface area contributed by atoms with E-state index in [9.17, 15) is 13.2 Å². The molecule has 0 amide bonds. The number of anilines is 1. The van der Waals surface area contributed by atoms with Crippen LogP contribution in [0, 0.1) is 0 Å². The van der Waals surface area contributed by atoms with Crippen molar-refractivity contribution in [1.82, 2.24) is 5.48 Å². The second-order valence-electron chi connectivity index (χ2n) is 8.44. The van der Waals surface area contributed by atoms with E-state index in [0.717, 1.165) is 55.0 Å². The highest BCUT2D eigenvalue weighted by Gasteiger charge is 2.36. The van der Waals surface area contributed by atoms with Crippen LogP contribution in [0.2, 0.25) is 0 Å². The summed E-state index contributed by atoms with van der Waals surface area (Å²) in [5.41, 5.74) is 5.51. The third-order valence-corrected chi connectivity index (χ3v) is 5.96. The number of rotatable bonds is 6. The Morgan fingerprint density at radius 2 is 2.03 bits per heavy atom. The highest BCUT2D eigenvalue weighted by atomic mass is 19.4. The Morgan fingerprint density at radius 3 is 2.76 bits per heavy atom. The second kappa shape index (κ2) is 9.95. The fraction of sp³-hybridized carbons (Fsp3) is 0.440. The van der Waals surface area contributed by atoms with E-state index < -0.39 is 17.9 Å². The van der Waals surface area contributed by atoms with Gasteiger partial charge in [0.05, 0.1) is 11.3 Å². The molecule has 0 bridgehead atoms. The number of hydroxylamine groups is 1. The van der Waals surface area contributed by atoms with E-state index in [1.165, 1.54) is 6.07 Å². The maximum atomic E-state index is 13.8. The van der Waals surface area contributed by atoms with Crippen LogP contribution in [-0.2, 0) is 11.0 Å². The number of nitrogens with zero attached hydrogens (tertiary/aromatic N) is 3. The largest absolute Gasteiger partial charge is 0.418 e. The summed E-state index contributed by atoms with van der Waals surface area (Å²) in [5, 5.41) is 0. The standard InChI is InChI=1S/C25H29F3N4O/c1-3-4-12-29-21-16-18(9-7-8-17(21)2)23-30-24(33-31-23)19-10-11-22(32-13-5-6-14-32)20(15-19)25(26,27)28/h8-12,15-16,23,31H,3-7,13-14H2,1-2H3. The predicted octanol–water partition coefficient (Wildman–Crippen LogP) is 5.94. The summed E-state index contributed by atoms with van der Waals surface area (Å²) in [7, 11) is 0. The third-order valence-electron chi connectivity index (χ3n) is 5.96. The van der Waals surface area contributed by atoms with Gasteiger partial charge in [-0.05, 0) is 68.0 Å². The van der Waals surface area contributed by atoms with Crippen molar-refractivity contribution in [3.63, 3.8) is 0 Å². The molecule has 33 heavy (non-hydrogen) atoms. The molecule has 0 radical (unpaired) electrons. The number of unbranched alkanes of at least 4 members (excludes halogenated alkanes) is 1. The first-order valence-corrected chi connectivity index (χ1v) is 11.4. The van der Waals surface area contributed by atoms with Gasteiger partial charge < -0.3 is 9.74 Å². The minimum atomic E-state index is -4.46. The molecule has 2 heterocycles. The zero-order valence-electron chi connectivity index (χ0n) is 19.0. The average molecular weight is 459 g/mol. The number of allylic oxidation sites excluding steroid dienone is 3. The second-order valence-corrected chi connectivity index (χ2v) is 8.44. The van der Waals surface area contributed by atoms with Crippen LogP contribution in [0.3, 0.4) is 0 Å². The molecular formula is C25H29F3N4O. The first-order chi connectivity index (χ1) is 15.9. The molecule has 2 aliphatic heterocycles. The fourth-order valence-corrected chi connectivity index (χ4v) is 4.12. The maximum Gasteiger partial charge on any atom is 0.418 e. The van der Waals surface area contributed by atoms with Crippen molar-refractivity contribution >= 4 is 17.8 Å². The van der Waals surface area contributed by atoms with Gasteiger partial charge in [0.2, 0.25) is 5.90 Å². The SMILES string of the molecule is CCCC=NC1=CC(C2N=C(c3ccc(N4CCCC4)c(C(F)(F)F)c3)ON2)=CCC=C1C. The van der Waals surface area contributed by atoms with Crippen molar-refractivity contribution in [2.75, 3.05) is 18.0 Å². The van der Waals surface area contributed by atoms with Crippen LogP contribution in [-0.4, -0.2) is 31.4 Å². The Balaban J connectivity index is 1.60. The molecule has 4 rings (SSSR count). The van der Waals surface area contributed by atoms with Crippen molar-refractivity contribution in [3.8, 4) is 0 Å². The number of benzene rings is 1. The quantitative estimate of drug-likeness (QED) is 0.537. The van der Waals surface area contributed by atoms with Crippen molar-refractivity contribution < 1.29 is 18.0 Å². The molecule has 1 atom stereocenters. The molecular weight excluding hydrogens is 429 g/mol. The average Bonchev–Trinajstić information content (AvgIpc) is 3.46. The smallest absolute Gasteiger partial charge is 0.386 e. The first-order valence-electron chi connectivity index (χ1n) is 11.4. The summed E-state index contributed by atoms with van der Waals surface area (Å²) in [5.74, 6) is 0.151. The number of hydrogen-bond acceptors (Lipinski definition) is 5. The van der Waals surface area contributed by atoms with Gasteiger partial charge >= 0.3 is 6.18 Å². The van der Waals surface area contributed by atoms with E-state index in [4.69, 9.17) is 4.84 Å². The lowest BCUT2D eigenvalue weighted by Gasteiger charge is -2.23. The van der Waals surface area contributed by atoms with Crippen LogP contribution in [0.25, 0.3) is 0 Å². The van der Waals surface area contributed by atoms with E-state index in [1.54, 1.807) is 11.0 Å². The molecule has 0 saturated carbocycles. The van der Waals surface area contributed by atoms with Crippen molar-refractivity contribution in [1.29, 1.82) is 0 Å². The summed E-state index contributed by atoms with van der Waals surface area (Å²) in [6.07, 6.45) is 7.45. The van der Waals surface area contributed by atoms with Gasteiger partial charge in [-0.3, -0.25) is 4.99 Å². The van der Waals surface area contributed by atoms with Crippen molar-refractivity contribution in [3.05, 3.63) is 64.4 Å². The van der Waals surface area contributed by atoms with Gasteiger partial charge in [-0.2, -0.15) is 13.2 Å². The zero-order valence-corrected chi connectivity index (χ0v) is 19.0. The van der Waals surface area contributed by atoms with Gasteiger partial charge in [0.1, 0.15) is 0 Å². The minimum Gasteiger partial charge on any atom is -0.386 e. The molecule has 3 aliphatic rings. The summed E-state index contributed by atoms with van der Waals surface area (Å²) in [6.45, 7) is 5.39. The van der Waals surface area contributed by atoms with E-state index in [1.807, 2.05) is 25.3 Å². The molecule has 1 aromatic carbocycles. The molecule has 1 saturated heterocycles. The Morgan fingerprint density at radius 1 is 1.24 bits per heavy atom. The molecule has 1 unspecified atom stereocenters. The summed E-state index contributed by atoms with van der Waals surface area (Å²) in [6, 6.07) is 4.32. The fourth-order valence-electron chi connectivity index (χ4n) is 4.12. The van der Waals surface area contributed by atoms with Gasteiger partial charge in [-0.25, -0.2) is 4.99 Å². The van der Waals surface area contributed by atoms with Gasteiger partial charge in [-0.15, -0.1) is 5.48 Å². The lowest BCUT2D eigenvalue weighted by atomic mass is 10.1. The highest BCUT2D eigenvalue weighted by molar-refractivity contribution is 5.95. The topological polar surface area (TPSA) is 49.2 Å². The number of nitrogens with one attached hydrogen (secondary N) is 1. The predicted molar refractivity (Wildman–Crippen MR) is 125 cm³/mol. The van der Waals surface area contributed by atoms with E-state index >= 15 is 0 Å². The molecule has 1 aromatic rings. The van der Waals surface area contributed by atoms with E-state index in [0.29, 0.717) is 18.7 Å². The van der Waals surface area contributed by atoms with E-state index in [-0.39, 0.29) is 11.6 Å². The first kappa shape index (κ1) is 23.3. The van der Waals surface area contributed by atoms with Gasteiger partial charge in [0, 0.05) is 30.6 Å². The third kappa shape index (κ3) is 5.38. The Labute approximate surface area is 192 Å². The van der Waals surface area contributed by atoms with Crippen LogP contribution >= 0.6 is 0 Å². The molecule has 0 spiro atoms. The number of halogens is 3. The number of hydrogen-bond donors (Lipinski definition) is 1. The van der Waals surface area contributed by atoms with E-state index in [2.05, 4.69) is 28.5 Å². The van der Waals surface area contributed by atoms with Crippen molar-refractivity contribution in [2.45, 2.75) is 58.3 Å². The van der Waals surface area contributed by atoms with Gasteiger partial charge in [-0.1, -0.05) is 25.5 Å². The van der Waals surface area contributed by atoms with Gasteiger partial charge in [0.15, 0.2) is 6.17 Å². The van der Waals surface area contributed by atoms with Gasteiger partial charge in [0.25, 0.3) is 0 Å². The van der Waals surface area contributed by atoms with Crippen molar-refractivity contribution in [2.24, 2.45) is 9.98 Å². The van der Waals surface area contributed by atoms with Crippen LogP contribution in [0.1, 0.15) is 57.1 Å². The van der Waals surface area contributed by atoms with Crippen LogP contribution in [0.15, 0.2) is 63.3 Å². The highest BCUT2D eigenvalue weighted by Crippen LogP contribution is 2.38. The lowest BCUT2D eigenvalue weighted by Crippen LogP contribution is -2.23. The summed E-state index contributed by atoms with van der Waals surface area (Å²) in [4.78, 5) is 16.4. The molecule has 8 heteroatoms.